The van der Waals surface area contributed by atoms with E-state index in [0.29, 0.717) is 11.5 Å². The van der Waals surface area contributed by atoms with Crippen LogP contribution in [0.1, 0.15) is 26.1 Å². The maximum Gasteiger partial charge on any atom is 0.452 e. The highest BCUT2D eigenvalue weighted by Gasteiger charge is 2.36. The number of carbonyl (C=O) groups is 1. The van der Waals surface area contributed by atoms with Crippen LogP contribution in [-0.2, 0) is 11.0 Å². The standard InChI is InChI=1S/C8H10F3N3O2S/c1-7(2,3-4(15)16)13-6-12-5(14-17-6)8(9,10)11/h3H2,1-2H3,(H,15,16)(H,12,13,14). The third-order valence-corrected chi connectivity index (χ3v) is 2.35. The number of aliphatic carboxylic acids is 1. The van der Waals surface area contributed by atoms with Gasteiger partial charge in [0.25, 0.3) is 0 Å². The molecule has 9 heteroatoms. The van der Waals surface area contributed by atoms with Crippen LogP contribution in [0.3, 0.4) is 0 Å². The second kappa shape index (κ2) is 4.47. The molecular weight excluding hydrogens is 259 g/mol. The molecule has 0 aliphatic carbocycles. The Hall–Kier alpha value is -1.38. The summed E-state index contributed by atoms with van der Waals surface area (Å²) in [5, 5.41) is 11.2. The smallest absolute Gasteiger partial charge is 0.452 e. The van der Waals surface area contributed by atoms with Gasteiger partial charge in [-0.05, 0) is 13.8 Å². The van der Waals surface area contributed by atoms with Crippen molar-refractivity contribution in [2.24, 2.45) is 0 Å². The molecule has 5 nitrogen and oxygen atoms in total. The molecule has 0 aliphatic rings. The highest BCUT2D eigenvalue weighted by molar-refractivity contribution is 7.09. The molecule has 96 valence electrons. The molecule has 0 saturated carbocycles. The molecule has 0 unspecified atom stereocenters. The van der Waals surface area contributed by atoms with Crippen molar-refractivity contribution < 1.29 is 23.1 Å². The van der Waals surface area contributed by atoms with E-state index in [9.17, 15) is 18.0 Å². The van der Waals surface area contributed by atoms with Gasteiger partial charge >= 0.3 is 12.1 Å². The second-order valence-corrected chi connectivity index (χ2v) is 4.75. The molecule has 1 rings (SSSR count). The van der Waals surface area contributed by atoms with E-state index in [1.54, 1.807) is 13.8 Å². The van der Waals surface area contributed by atoms with Gasteiger partial charge < -0.3 is 10.4 Å². The largest absolute Gasteiger partial charge is 0.481 e. The van der Waals surface area contributed by atoms with Crippen LogP contribution in [0.5, 0.6) is 0 Å². The molecule has 1 aromatic rings. The van der Waals surface area contributed by atoms with E-state index >= 15 is 0 Å². The fourth-order valence-corrected chi connectivity index (χ4v) is 1.87. The van der Waals surface area contributed by atoms with Crippen LogP contribution < -0.4 is 5.32 Å². The highest BCUT2D eigenvalue weighted by atomic mass is 32.1. The summed E-state index contributed by atoms with van der Waals surface area (Å²) in [6.45, 7) is 3.10. The predicted octanol–water partition coefficient (Wildman–Crippen LogP) is 2.22. The van der Waals surface area contributed by atoms with E-state index in [0.717, 1.165) is 0 Å². The summed E-state index contributed by atoms with van der Waals surface area (Å²) < 4.78 is 39.8. The van der Waals surface area contributed by atoms with Crippen molar-refractivity contribution in [2.75, 3.05) is 5.32 Å². The van der Waals surface area contributed by atoms with Crippen molar-refractivity contribution in [2.45, 2.75) is 32.0 Å². The molecule has 0 amide bonds. The number of rotatable bonds is 4. The lowest BCUT2D eigenvalue weighted by Crippen LogP contribution is -2.33. The molecule has 0 fully saturated rings. The normalized spacial score (nSPS) is 12.5. The summed E-state index contributed by atoms with van der Waals surface area (Å²) >= 11 is 0.545. The van der Waals surface area contributed by atoms with Gasteiger partial charge in [0.2, 0.25) is 11.0 Å². The van der Waals surface area contributed by atoms with Crippen LogP contribution in [0.25, 0.3) is 0 Å². The number of hydrogen-bond donors (Lipinski definition) is 2. The molecule has 17 heavy (non-hydrogen) atoms. The number of halogens is 3. The molecule has 0 bridgehead atoms. The molecule has 0 atom stereocenters. The first-order valence-corrected chi connectivity index (χ1v) is 5.28. The van der Waals surface area contributed by atoms with Crippen molar-refractivity contribution in [1.29, 1.82) is 0 Å². The monoisotopic (exact) mass is 269 g/mol. The van der Waals surface area contributed by atoms with E-state index in [-0.39, 0.29) is 11.6 Å². The molecule has 1 aromatic heterocycles. The fraction of sp³-hybridized carbons (Fsp3) is 0.625. The molecular formula is C8H10F3N3O2S. The Morgan fingerprint density at radius 3 is 2.47 bits per heavy atom. The number of carboxylic acids is 1. The van der Waals surface area contributed by atoms with Gasteiger partial charge in [-0.25, -0.2) is 0 Å². The second-order valence-electron chi connectivity index (χ2n) is 4.00. The molecule has 0 aliphatic heterocycles. The zero-order chi connectivity index (χ0) is 13.3. The van der Waals surface area contributed by atoms with Crippen molar-refractivity contribution >= 4 is 22.6 Å². The number of nitrogens with one attached hydrogen (secondary N) is 1. The van der Waals surface area contributed by atoms with Crippen molar-refractivity contribution in [3.05, 3.63) is 5.82 Å². The summed E-state index contributed by atoms with van der Waals surface area (Å²) in [5.74, 6) is -2.28. The van der Waals surface area contributed by atoms with Gasteiger partial charge in [0.05, 0.1) is 6.42 Å². The fourth-order valence-electron chi connectivity index (χ4n) is 1.10. The molecule has 0 saturated heterocycles. The zero-order valence-electron chi connectivity index (χ0n) is 9.00. The Kier molecular flexibility index (Phi) is 3.60. The van der Waals surface area contributed by atoms with Crippen LogP contribution in [0, 0.1) is 0 Å². The van der Waals surface area contributed by atoms with E-state index < -0.39 is 23.5 Å². The Bertz CT molecular complexity index is 416. The molecule has 0 aromatic carbocycles. The topological polar surface area (TPSA) is 75.1 Å². The third-order valence-electron chi connectivity index (χ3n) is 1.72. The summed E-state index contributed by atoms with van der Waals surface area (Å²) in [6, 6.07) is 0. The number of carboxylic acid groups (broad SMARTS) is 1. The first-order chi connectivity index (χ1) is 7.60. The van der Waals surface area contributed by atoms with Crippen LogP contribution in [0.4, 0.5) is 18.3 Å². The van der Waals surface area contributed by atoms with Gasteiger partial charge in [0.15, 0.2) is 0 Å². The minimum atomic E-state index is -4.59. The van der Waals surface area contributed by atoms with Gasteiger partial charge in [-0.1, -0.05) is 0 Å². The van der Waals surface area contributed by atoms with Crippen LogP contribution in [0.2, 0.25) is 0 Å². The number of aromatic nitrogens is 2. The van der Waals surface area contributed by atoms with Gasteiger partial charge in [-0.2, -0.15) is 22.5 Å². The minimum absolute atomic E-state index is 0.0522. The van der Waals surface area contributed by atoms with Crippen molar-refractivity contribution in [1.82, 2.24) is 9.36 Å². The zero-order valence-corrected chi connectivity index (χ0v) is 9.82. The van der Waals surface area contributed by atoms with Crippen LogP contribution in [-0.4, -0.2) is 26.0 Å². The van der Waals surface area contributed by atoms with Gasteiger partial charge in [-0.15, -0.1) is 0 Å². The number of alkyl halides is 3. The lowest BCUT2D eigenvalue weighted by Gasteiger charge is -2.23. The van der Waals surface area contributed by atoms with Crippen LogP contribution in [0.15, 0.2) is 0 Å². The number of hydrogen-bond acceptors (Lipinski definition) is 5. The molecule has 0 spiro atoms. The van der Waals surface area contributed by atoms with Crippen LogP contribution >= 0.6 is 11.5 Å². The van der Waals surface area contributed by atoms with Gasteiger partial charge in [0.1, 0.15) is 0 Å². The van der Waals surface area contributed by atoms with Crippen molar-refractivity contribution in [3.63, 3.8) is 0 Å². The Morgan fingerprint density at radius 2 is 2.06 bits per heavy atom. The third kappa shape index (κ3) is 4.17. The summed E-state index contributed by atoms with van der Waals surface area (Å²) in [6.07, 6.45) is -4.83. The van der Waals surface area contributed by atoms with Gasteiger partial charge in [0, 0.05) is 17.1 Å². The van der Waals surface area contributed by atoms with Crippen molar-refractivity contribution in [3.8, 4) is 0 Å². The minimum Gasteiger partial charge on any atom is -0.481 e. The first kappa shape index (κ1) is 13.7. The SMILES string of the molecule is CC(C)(CC(=O)O)Nc1nc(C(F)(F)F)ns1. The number of anilines is 1. The van der Waals surface area contributed by atoms with E-state index in [4.69, 9.17) is 5.11 Å². The summed E-state index contributed by atoms with van der Waals surface area (Å²) in [7, 11) is 0. The number of nitrogens with zero attached hydrogens (tertiary/aromatic N) is 2. The average Bonchev–Trinajstić information content (AvgIpc) is 2.47. The quantitative estimate of drug-likeness (QED) is 0.876. The average molecular weight is 269 g/mol. The van der Waals surface area contributed by atoms with E-state index in [1.807, 2.05) is 0 Å². The summed E-state index contributed by atoms with van der Waals surface area (Å²) in [5.41, 5.74) is -0.895. The molecule has 2 N–H and O–H groups in total. The lowest BCUT2D eigenvalue weighted by molar-refractivity contribution is -0.144. The molecule has 0 radical (unpaired) electrons. The van der Waals surface area contributed by atoms with Gasteiger partial charge in [-0.3, -0.25) is 4.79 Å². The Morgan fingerprint density at radius 1 is 1.47 bits per heavy atom. The maximum absolute atomic E-state index is 12.2. The summed E-state index contributed by atoms with van der Waals surface area (Å²) in [4.78, 5) is 13.8. The molecule has 1 heterocycles. The first-order valence-electron chi connectivity index (χ1n) is 4.51. The maximum atomic E-state index is 12.2. The highest BCUT2D eigenvalue weighted by Crippen LogP contribution is 2.30. The Labute approximate surface area is 98.8 Å². The van der Waals surface area contributed by atoms with E-state index in [1.165, 1.54) is 0 Å². The predicted molar refractivity (Wildman–Crippen MR) is 54.9 cm³/mol. The van der Waals surface area contributed by atoms with E-state index in [2.05, 4.69) is 14.7 Å². The Balaban J connectivity index is 2.76. The lowest BCUT2D eigenvalue weighted by atomic mass is 10.0.